The Morgan fingerprint density at radius 3 is 2.74 bits per heavy atom. The van der Waals surface area contributed by atoms with Crippen molar-refractivity contribution >= 4 is 41.0 Å². The number of hydrogen-bond acceptors (Lipinski definition) is 8. The van der Waals surface area contributed by atoms with E-state index < -0.39 is 17.3 Å². The van der Waals surface area contributed by atoms with E-state index in [0.29, 0.717) is 37.1 Å². The van der Waals surface area contributed by atoms with Gasteiger partial charge < -0.3 is 18.9 Å². The molecule has 0 N–H and O–H groups in total. The molecule has 4 aliphatic rings. The van der Waals surface area contributed by atoms with Crippen LogP contribution in [0.25, 0.3) is 11.0 Å². The van der Waals surface area contributed by atoms with Crippen molar-refractivity contribution in [1.82, 2.24) is 5.16 Å². The molecule has 0 aliphatic carbocycles. The first kappa shape index (κ1) is 23.3. The fourth-order valence-electron chi connectivity index (χ4n) is 6.71. The highest BCUT2D eigenvalue weighted by Crippen LogP contribution is 2.48. The van der Waals surface area contributed by atoms with Crippen molar-refractivity contribution in [2.24, 2.45) is 15.4 Å². The monoisotopic (exact) mass is 517 g/mol. The van der Waals surface area contributed by atoms with Gasteiger partial charge in [0.25, 0.3) is 0 Å². The number of aliphatic imine (C=N–C) groups is 2. The number of rotatable bonds is 3. The summed E-state index contributed by atoms with van der Waals surface area (Å²) in [5, 5.41) is 4.65. The molecule has 1 amide bonds. The highest BCUT2D eigenvalue weighted by Gasteiger charge is 2.52. The topological polar surface area (TPSA) is 92.8 Å². The quantitative estimate of drug-likeness (QED) is 0.518. The van der Waals surface area contributed by atoms with Gasteiger partial charge in [0.1, 0.15) is 13.3 Å². The maximum atomic E-state index is 16.4. The number of halogens is 1. The maximum absolute atomic E-state index is 16.4. The lowest BCUT2D eigenvalue weighted by molar-refractivity contribution is -0.0432. The lowest BCUT2D eigenvalue weighted by atomic mass is 9.69. The number of amides is 1. The van der Waals surface area contributed by atoms with E-state index >= 15 is 4.39 Å². The Kier molecular flexibility index (Phi) is 5.30. The summed E-state index contributed by atoms with van der Waals surface area (Å²) in [4.78, 5) is 25.4. The molecule has 2 aromatic carbocycles. The van der Waals surface area contributed by atoms with E-state index in [1.807, 2.05) is 62.7 Å². The van der Waals surface area contributed by atoms with Gasteiger partial charge in [-0.2, -0.15) is 0 Å². The molecule has 3 aromatic rings. The van der Waals surface area contributed by atoms with Crippen LogP contribution in [-0.2, 0) is 22.3 Å². The van der Waals surface area contributed by atoms with E-state index in [-0.39, 0.29) is 42.3 Å². The minimum Gasteiger partial charge on any atom is -0.447 e. The first-order valence-electron chi connectivity index (χ1n) is 13.0. The van der Waals surface area contributed by atoms with Crippen LogP contribution in [-0.4, -0.2) is 67.8 Å². The number of ether oxygens (including phenoxy) is 2. The third-order valence-corrected chi connectivity index (χ3v) is 8.08. The molecular weight excluding hydrogens is 489 g/mol. The molecule has 0 bridgehead atoms. The van der Waals surface area contributed by atoms with Crippen LogP contribution in [0.4, 0.5) is 20.7 Å². The highest BCUT2D eigenvalue weighted by atomic mass is 19.1. The fourth-order valence-corrected chi connectivity index (χ4v) is 6.71. The van der Waals surface area contributed by atoms with Gasteiger partial charge in [-0.25, -0.2) is 9.18 Å². The second kappa shape index (κ2) is 8.62. The van der Waals surface area contributed by atoms with Crippen LogP contribution in [0.15, 0.2) is 50.9 Å². The number of anilines is 2. The van der Waals surface area contributed by atoms with Crippen LogP contribution >= 0.6 is 0 Å². The lowest BCUT2D eigenvalue weighted by Gasteiger charge is -2.54. The number of carbonyl (C=O) groups is 1. The largest absolute Gasteiger partial charge is 0.447 e. The highest BCUT2D eigenvalue weighted by molar-refractivity contribution is 6.02. The zero-order valence-corrected chi connectivity index (χ0v) is 21.2. The number of benzene rings is 2. The van der Waals surface area contributed by atoms with Gasteiger partial charge in [-0.05, 0) is 43.9 Å². The number of cyclic esters (lactones) is 1. The Bertz CT molecular complexity index is 1460. The van der Waals surface area contributed by atoms with Crippen LogP contribution in [0.3, 0.4) is 0 Å². The second-order valence-electron chi connectivity index (χ2n) is 10.7. The molecule has 1 spiro atoms. The molecule has 1 aromatic heterocycles. The van der Waals surface area contributed by atoms with Crippen LogP contribution in [0.5, 0.6) is 0 Å². The third kappa shape index (κ3) is 3.46. The Balaban J connectivity index is 1.35. The molecule has 2 saturated heterocycles. The molecule has 38 heavy (non-hydrogen) atoms. The van der Waals surface area contributed by atoms with Gasteiger partial charge in [0.15, 0.2) is 11.6 Å². The van der Waals surface area contributed by atoms with E-state index in [1.165, 1.54) is 4.90 Å². The minimum atomic E-state index is -0.537. The van der Waals surface area contributed by atoms with Gasteiger partial charge in [0, 0.05) is 19.0 Å². The summed E-state index contributed by atoms with van der Waals surface area (Å²) in [6, 6.07) is 11.3. The molecular formula is C28H28FN5O4. The molecule has 0 radical (unpaired) electrons. The van der Waals surface area contributed by atoms with Crippen LogP contribution < -0.4 is 9.80 Å². The molecule has 0 unspecified atom stereocenters. The minimum absolute atomic E-state index is 0.0318. The molecule has 5 heterocycles. The maximum Gasteiger partial charge on any atom is 0.416 e. The SMILES string of the molecule is C[C@@H]1CN2c3c(cc4c(N5C(=O)OC[C@H]5Cc5ccccc5)noc4c3F)CC3(C=NCN=C3)[C@H]2[C@H](C)O1. The molecule has 7 rings (SSSR count). The molecule has 9 nitrogen and oxygen atoms in total. The molecule has 10 heteroatoms. The Labute approximate surface area is 218 Å². The number of morpholine rings is 1. The summed E-state index contributed by atoms with van der Waals surface area (Å²) in [7, 11) is 0. The van der Waals surface area contributed by atoms with Gasteiger partial charge in [-0.1, -0.05) is 35.5 Å². The molecule has 2 fully saturated rings. The van der Waals surface area contributed by atoms with Crippen molar-refractivity contribution in [1.29, 1.82) is 0 Å². The van der Waals surface area contributed by atoms with Crippen LogP contribution in [0.1, 0.15) is 25.0 Å². The van der Waals surface area contributed by atoms with Gasteiger partial charge in [0.2, 0.25) is 5.58 Å². The van der Waals surface area contributed by atoms with Crippen molar-refractivity contribution in [3.63, 3.8) is 0 Å². The second-order valence-corrected chi connectivity index (χ2v) is 10.7. The summed E-state index contributed by atoms with van der Waals surface area (Å²) in [6.07, 6.45) is 4.20. The normalized spacial score (nSPS) is 27.6. The van der Waals surface area contributed by atoms with Crippen molar-refractivity contribution in [3.05, 3.63) is 53.3 Å². The van der Waals surface area contributed by atoms with Crippen molar-refractivity contribution in [2.45, 2.75) is 51.0 Å². The third-order valence-electron chi connectivity index (χ3n) is 8.08. The summed E-state index contributed by atoms with van der Waals surface area (Å²) >= 11 is 0. The Hall–Kier alpha value is -3.79. The number of fused-ring (bicyclic) bond motifs is 5. The lowest BCUT2D eigenvalue weighted by Crippen LogP contribution is -2.65. The van der Waals surface area contributed by atoms with Gasteiger partial charge in [-0.15, -0.1) is 0 Å². The standard InChI is InChI=1S/C28H28FN5O4/c1-16-11-33-23-19(10-28(13-30-15-31-14-28)25(33)17(2)37-16)9-21-24(22(23)29)38-32-26(21)34-20(12-36-27(34)35)8-18-6-4-3-5-7-18/h3-7,9,13-14,16-17,20,25H,8,10-12,15H2,1-2H3/t16-,17+,20-,25-/m1/s1. The fraction of sp³-hybridized carbons (Fsp3) is 0.429. The van der Waals surface area contributed by atoms with Crippen molar-refractivity contribution in [3.8, 4) is 0 Å². The Morgan fingerprint density at radius 1 is 1.16 bits per heavy atom. The van der Waals surface area contributed by atoms with Gasteiger partial charge in [0.05, 0.1) is 40.8 Å². The average Bonchev–Trinajstić information content (AvgIpc) is 3.47. The van der Waals surface area contributed by atoms with Crippen molar-refractivity contribution in [2.75, 3.05) is 29.6 Å². The number of nitrogens with zero attached hydrogens (tertiary/aromatic N) is 5. The Morgan fingerprint density at radius 2 is 1.95 bits per heavy atom. The predicted molar refractivity (Wildman–Crippen MR) is 141 cm³/mol. The summed E-state index contributed by atoms with van der Waals surface area (Å²) in [5.41, 5.74) is 1.85. The van der Waals surface area contributed by atoms with Crippen LogP contribution in [0, 0.1) is 11.2 Å². The summed E-state index contributed by atoms with van der Waals surface area (Å²) in [5.74, 6) is -0.203. The van der Waals surface area contributed by atoms with E-state index in [9.17, 15) is 4.79 Å². The molecule has 0 saturated carbocycles. The van der Waals surface area contributed by atoms with Crippen molar-refractivity contribution < 1.29 is 23.2 Å². The molecule has 4 aliphatic heterocycles. The van der Waals surface area contributed by atoms with E-state index in [1.54, 1.807) is 0 Å². The van der Waals surface area contributed by atoms with Gasteiger partial charge in [-0.3, -0.25) is 14.9 Å². The van der Waals surface area contributed by atoms with Gasteiger partial charge >= 0.3 is 6.09 Å². The summed E-state index contributed by atoms with van der Waals surface area (Å²) in [6.45, 7) is 5.13. The zero-order valence-electron chi connectivity index (χ0n) is 21.2. The van der Waals surface area contributed by atoms with E-state index in [2.05, 4.69) is 20.0 Å². The smallest absolute Gasteiger partial charge is 0.416 e. The predicted octanol–water partition coefficient (Wildman–Crippen LogP) is 4.17. The number of hydrogen-bond donors (Lipinski definition) is 0. The first-order chi connectivity index (χ1) is 18.4. The summed E-state index contributed by atoms with van der Waals surface area (Å²) < 4.78 is 33.5. The molecule has 4 atom stereocenters. The number of carbonyl (C=O) groups excluding carboxylic acids is 1. The van der Waals surface area contributed by atoms with E-state index in [4.69, 9.17) is 14.0 Å². The first-order valence-corrected chi connectivity index (χ1v) is 13.0. The van der Waals surface area contributed by atoms with E-state index in [0.717, 1.165) is 11.1 Å². The average molecular weight is 518 g/mol. The number of aromatic nitrogens is 1. The molecule has 196 valence electrons. The van der Waals surface area contributed by atoms with Crippen LogP contribution in [0.2, 0.25) is 0 Å². The zero-order chi connectivity index (χ0) is 26.0.